The smallest absolute Gasteiger partial charge is 0.241 e. The molecule has 2 aromatic heterocycles. The second-order valence-electron chi connectivity index (χ2n) is 8.90. The third-order valence-electron chi connectivity index (χ3n) is 5.34. The molecule has 0 unspecified atom stereocenters. The second kappa shape index (κ2) is 12.4. The van der Waals surface area contributed by atoms with Crippen LogP contribution in [0.5, 0.6) is 0 Å². The Balaban J connectivity index is 1.61. The van der Waals surface area contributed by atoms with E-state index in [0.717, 1.165) is 16.3 Å². The van der Waals surface area contributed by atoms with Gasteiger partial charge in [0.05, 0.1) is 22.0 Å². The Hall–Kier alpha value is -3.71. The van der Waals surface area contributed by atoms with Gasteiger partial charge in [-0.2, -0.15) is 0 Å². The van der Waals surface area contributed by atoms with E-state index in [2.05, 4.69) is 30.6 Å². The van der Waals surface area contributed by atoms with Crippen molar-refractivity contribution in [2.45, 2.75) is 38.3 Å². The van der Waals surface area contributed by atoms with Gasteiger partial charge < -0.3 is 16.0 Å². The SMILES string of the molecule is CC(=O)Nc1ccc(-c2cnc(-c3ccc(NC(=S)NC(C)C)cc3)s2)c(S(=O)(=O)NCc2ccccn2)c1. The van der Waals surface area contributed by atoms with Gasteiger partial charge in [-0.05, 0) is 74.6 Å². The van der Waals surface area contributed by atoms with Gasteiger partial charge in [-0.15, -0.1) is 11.3 Å². The van der Waals surface area contributed by atoms with Gasteiger partial charge in [0.2, 0.25) is 15.9 Å². The highest BCUT2D eigenvalue weighted by Gasteiger charge is 2.22. The molecule has 2 aromatic carbocycles. The summed E-state index contributed by atoms with van der Waals surface area (Å²) in [6.07, 6.45) is 3.25. The van der Waals surface area contributed by atoms with E-state index in [4.69, 9.17) is 12.2 Å². The monoisotopic (exact) mass is 580 g/mol. The maximum atomic E-state index is 13.4. The molecule has 0 atom stereocenters. The molecule has 0 aliphatic rings. The average Bonchev–Trinajstić information content (AvgIpc) is 3.38. The molecule has 0 fully saturated rings. The summed E-state index contributed by atoms with van der Waals surface area (Å²) in [6.45, 7) is 5.42. The molecule has 9 nitrogen and oxygen atoms in total. The molecule has 4 rings (SSSR count). The lowest BCUT2D eigenvalue weighted by atomic mass is 10.2. The zero-order valence-corrected chi connectivity index (χ0v) is 24.0. The number of thiocarbonyl (C=S) groups is 1. The number of amides is 1. The van der Waals surface area contributed by atoms with Crippen LogP contribution in [0.4, 0.5) is 11.4 Å². The molecule has 0 spiro atoms. The van der Waals surface area contributed by atoms with Crippen LogP contribution in [-0.4, -0.2) is 35.4 Å². The molecule has 1 amide bonds. The number of carbonyl (C=O) groups is 1. The zero-order chi connectivity index (χ0) is 28.0. The Labute approximate surface area is 237 Å². The first-order valence-electron chi connectivity index (χ1n) is 12.1. The number of pyridine rings is 1. The number of aromatic nitrogens is 2. The summed E-state index contributed by atoms with van der Waals surface area (Å²) in [5.74, 6) is -0.300. The number of carbonyl (C=O) groups excluding carboxylic acids is 1. The fourth-order valence-electron chi connectivity index (χ4n) is 3.64. The van der Waals surface area contributed by atoms with E-state index < -0.39 is 10.0 Å². The number of nitrogens with one attached hydrogen (secondary N) is 4. The standard InChI is InChI=1S/C27H28N6O3S3/c1-17(2)31-27(37)33-20-9-7-19(8-10-20)26-29-16-24(38-26)23-12-11-21(32-18(3)34)14-25(23)39(35,36)30-15-22-6-4-5-13-28-22/h4-14,16-17,30H,15H2,1-3H3,(H,32,34)(H2,31,33,37). The van der Waals surface area contributed by atoms with Crippen molar-refractivity contribution < 1.29 is 13.2 Å². The van der Waals surface area contributed by atoms with E-state index in [1.165, 1.54) is 24.3 Å². The molecule has 0 aliphatic carbocycles. The van der Waals surface area contributed by atoms with E-state index in [1.807, 2.05) is 38.1 Å². The minimum absolute atomic E-state index is 0.0252. The first-order chi connectivity index (χ1) is 18.6. The highest BCUT2D eigenvalue weighted by molar-refractivity contribution is 7.89. The summed E-state index contributed by atoms with van der Waals surface area (Å²) in [4.78, 5) is 21.0. The van der Waals surface area contributed by atoms with Gasteiger partial charge in [0, 0.05) is 47.9 Å². The van der Waals surface area contributed by atoms with Crippen molar-refractivity contribution in [2.75, 3.05) is 10.6 Å². The zero-order valence-electron chi connectivity index (χ0n) is 21.6. The predicted octanol–water partition coefficient (Wildman–Crippen LogP) is 5.00. The van der Waals surface area contributed by atoms with Crippen LogP contribution in [0.3, 0.4) is 0 Å². The van der Waals surface area contributed by atoms with Crippen molar-refractivity contribution in [2.24, 2.45) is 0 Å². The first kappa shape index (κ1) is 28.3. The van der Waals surface area contributed by atoms with Crippen molar-refractivity contribution in [3.8, 4) is 21.0 Å². The average molecular weight is 581 g/mol. The molecule has 4 N–H and O–H groups in total. The van der Waals surface area contributed by atoms with Crippen molar-refractivity contribution in [3.05, 3.63) is 78.8 Å². The largest absolute Gasteiger partial charge is 0.360 e. The van der Waals surface area contributed by atoms with Crippen molar-refractivity contribution in [1.82, 2.24) is 20.0 Å². The third-order valence-corrected chi connectivity index (χ3v) is 8.08. The summed E-state index contributed by atoms with van der Waals surface area (Å²) < 4.78 is 29.4. The number of hydrogen-bond acceptors (Lipinski definition) is 7. The summed E-state index contributed by atoms with van der Waals surface area (Å²) in [6, 6.07) is 18.0. The van der Waals surface area contributed by atoms with Gasteiger partial charge in [0.1, 0.15) is 5.01 Å². The summed E-state index contributed by atoms with van der Waals surface area (Å²) in [5, 5.41) is 10.2. The minimum atomic E-state index is -3.97. The van der Waals surface area contributed by atoms with E-state index in [1.54, 1.807) is 42.7 Å². The van der Waals surface area contributed by atoms with Gasteiger partial charge in [-0.1, -0.05) is 12.1 Å². The number of rotatable bonds is 9. The Kier molecular flexibility index (Phi) is 9.02. The Morgan fingerprint density at radius 3 is 2.41 bits per heavy atom. The number of hydrogen-bond donors (Lipinski definition) is 4. The van der Waals surface area contributed by atoms with Crippen molar-refractivity contribution in [3.63, 3.8) is 0 Å². The van der Waals surface area contributed by atoms with Crippen LogP contribution in [0.15, 0.2) is 78.0 Å². The van der Waals surface area contributed by atoms with E-state index >= 15 is 0 Å². The van der Waals surface area contributed by atoms with Crippen LogP contribution in [-0.2, 0) is 21.4 Å². The molecule has 0 saturated carbocycles. The predicted molar refractivity (Wildman–Crippen MR) is 160 cm³/mol. The number of benzene rings is 2. The number of thiazole rings is 1. The van der Waals surface area contributed by atoms with Gasteiger partial charge in [-0.25, -0.2) is 18.1 Å². The lowest BCUT2D eigenvalue weighted by Crippen LogP contribution is -2.33. The molecular formula is C27H28N6O3S3. The van der Waals surface area contributed by atoms with E-state index in [0.29, 0.717) is 26.9 Å². The number of sulfonamides is 1. The first-order valence-corrected chi connectivity index (χ1v) is 14.8. The quantitative estimate of drug-likeness (QED) is 0.204. The molecule has 0 bridgehead atoms. The van der Waals surface area contributed by atoms with E-state index in [-0.39, 0.29) is 23.4 Å². The fourth-order valence-corrected chi connectivity index (χ4v) is 6.26. The molecule has 202 valence electrons. The molecule has 0 saturated heterocycles. The maximum absolute atomic E-state index is 13.4. The highest BCUT2D eigenvalue weighted by Crippen LogP contribution is 2.37. The third kappa shape index (κ3) is 7.67. The molecule has 4 aromatic rings. The molecule has 2 heterocycles. The molecule has 0 aliphatic heterocycles. The fraction of sp³-hybridized carbons (Fsp3) is 0.185. The Bertz CT molecular complexity index is 1570. The molecule has 39 heavy (non-hydrogen) atoms. The van der Waals surface area contributed by atoms with Crippen LogP contribution < -0.4 is 20.7 Å². The normalized spacial score (nSPS) is 11.3. The van der Waals surface area contributed by atoms with Gasteiger partial charge in [0.15, 0.2) is 5.11 Å². The second-order valence-corrected chi connectivity index (χ2v) is 12.1. The highest BCUT2D eigenvalue weighted by atomic mass is 32.2. The number of anilines is 2. The van der Waals surface area contributed by atoms with Crippen molar-refractivity contribution >= 4 is 56.0 Å². The van der Waals surface area contributed by atoms with Crippen LogP contribution in [0.25, 0.3) is 21.0 Å². The van der Waals surface area contributed by atoms with E-state index in [9.17, 15) is 13.2 Å². The van der Waals surface area contributed by atoms with Gasteiger partial charge >= 0.3 is 0 Å². The topological polar surface area (TPSA) is 125 Å². The summed E-state index contributed by atoms with van der Waals surface area (Å²) in [7, 11) is -3.97. The van der Waals surface area contributed by atoms with Crippen molar-refractivity contribution in [1.29, 1.82) is 0 Å². The molecular weight excluding hydrogens is 553 g/mol. The van der Waals surface area contributed by atoms with Gasteiger partial charge in [-0.3, -0.25) is 9.78 Å². The van der Waals surface area contributed by atoms with Crippen LogP contribution in [0.1, 0.15) is 26.5 Å². The van der Waals surface area contributed by atoms with Crippen LogP contribution in [0, 0.1) is 0 Å². The lowest BCUT2D eigenvalue weighted by molar-refractivity contribution is -0.114. The maximum Gasteiger partial charge on any atom is 0.241 e. The molecule has 0 radical (unpaired) electrons. The molecule has 12 heteroatoms. The Morgan fingerprint density at radius 2 is 1.74 bits per heavy atom. The van der Waals surface area contributed by atoms with Crippen LogP contribution in [0.2, 0.25) is 0 Å². The summed E-state index contributed by atoms with van der Waals surface area (Å²) in [5.41, 5.74) is 3.16. The number of nitrogens with zero attached hydrogens (tertiary/aromatic N) is 2. The minimum Gasteiger partial charge on any atom is -0.360 e. The van der Waals surface area contributed by atoms with Gasteiger partial charge in [0.25, 0.3) is 0 Å². The summed E-state index contributed by atoms with van der Waals surface area (Å²) >= 11 is 6.67. The van der Waals surface area contributed by atoms with Crippen LogP contribution >= 0.6 is 23.6 Å². The lowest BCUT2D eigenvalue weighted by Gasteiger charge is -2.13. The Morgan fingerprint density at radius 1 is 1.00 bits per heavy atom.